The maximum absolute atomic E-state index is 5.04. The molecule has 2 saturated carbocycles. The van der Waals surface area contributed by atoms with Gasteiger partial charge in [-0.25, -0.2) is 4.98 Å². The molecule has 3 atom stereocenters. The Labute approximate surface area is 121 Å². The standard InChI is InChI=1S/C17H27NS/c1-5-11(2)14-15(17(14,3)4)13-10-19-16(18-13)12-8-6-7-9-12/h10-12,14-15H,5-9H2,1-4H3/t11?,14-,15-/m0/s1. The highest BCUT2D eigenvalue weighted by Crippen LogP contribution is 2.67. The van der Waals surface area contributed by atoms with Gasteiger partial charge in [0.05, 0.1) is 10.7 Å². The first-order valence-electron chi connectivity index (χ1n) is 8.01. The van der Waals surface area contributed by atoms with Crippen molar-refractivity contribution in [2.24, 2.45) is 17.3 Å². The quantitative estimate of drug-likeness (QED) is 0.699. The molecule has 1 aromatic heterocycles. The van der Waals surface area contributed by atoms with E-state index in [4.69, 9.17) is 4.98 Å². The van der Waals surface area contributed by atoms with E-state index in [-0.39, 0.29) is 0 Å². The van der Waals surface area contributed by atoms with Gasteiger partial charge in [-0.2, -0.15) is 0 Å². The highest BCUT2D eigenvalue weighted by Gasteiger charge is 2.60. The fourth-order valence-electron chi connectivity index (χ4n) is 4.36. The van der Waals surface area contributed by atoms with Crippen molar-refractivity contribution in [3.8, 4) is 0 Å². The van der Waals surface area contributed by atoms with E-state index in [1.165, 1.54) is 42.8 Å². The van der Waals surface area contributed by atoms with Crippen LogP contribution in [-0.2, 0) is 0 Å². The number of nitrogens with zero attached hydrogens (tertiary/aromatic N) is 1. The molecule has 0 amide bonds. The summed E-state index contributed by atoms with van der Waals surface area (Å²) in [7, 11) is 0. The van der Waals surface area contributed by atoms with E-state index in [0.717, 1.165) is 17.8 Å². The fourth-order valence-corrected chi connectivity index (χ4v) is 5.39. The van der Waals surface area contributed by atoms with E-state index in [9.17, 15) is 0 Å². The van der Waals surface area contributed by atoms with Crippen molar-refractivity contribution in [1.82, 2.24) is 4.98 Å². The van der Waals surface area contributed by atoms with E-state index >= 15 is 0 Å². The van der Waals surface area contributed by atoms with Crippen molar-refractivity contribution in [2.75, 3.05) is 0 Å². The average Bonchev–Trinajstić information content (AvgIpc) is 2.90. The topological polar surface area (TPSA) is 12.9 Å². The molecule has 106 valence electrons. The van der Waals surface area contributed by atoms with Crippen LogP contribution in [0.1, 0.15) is 82.3 Å². The summed E-state index contributed by atoms with van der Waals surface area (Å²) < 4.78 is 0. The molecule has 2 heteroatoms. The number of rotatable bonds is 4. The maximum Gasteiger partial charge on any atom is 0.0959 e. The summed E-state index contributed by atoms with van der Waals surface area (Å²) in [6.45, 7) is 9.60. The summed E-state index contributed by atoms with van der Waals surface area (Å²) in [6, 6.07) is 0. The van der Waals surface area contributed by atoms with Crippen LogP contribution in [0.3, 0.4) is 0 Å². The number of aromatic nitrogens is 1. The van der Waals surface area contributed by atoms with Gasteiger partial charge >= 0.3 is 0 Å². The molecule has 1 nitrogen and oxygen atoms in total. The molecule has 1 heterocycles. The first kappa shape index (κ1) is 13.6. The monoisotopic (exact) mass is 277 g/mol. The molecule has 0 saturated heterocycles. The van der Waals surface area contributed by atoms with Crippen LogP contribution in [-0.4, -0.2) is 4.98 Å². The summed E-state index contributed by atoms with van der Waals surface area (Å²) >= 11 is 1.93. The van der Waals surface area contributed by atoms with E-state index in [1.807, 2.05) is 11.3 Å². The minimum atomic E-state index is 0.469. The van der Waals surface area contributed by atoms with Crippen LogP contribution in [0.15, 0.2) is 5.38 Å². The van der Waals surface area contributed by atoms with Crippen molar-refractivity contribution in [3.05, 3.63) is 16.1 Å². The van der Waals surface area contributed by atoms with Crippen molar-refractivity contribution < 1.29 is 0 Å². The van der Waals surface area contributed by atoms with Gasteiger partial charge in [0.15, 0.2) is 0 Å². The van der Waals surface area contributed by atoms with Gasteiger partial charge in [-0.05, 0) is 30.1 Å². The molecule has 1 aromatic rings. The molecule has 3 rings (SSSR count). The van der Waals surface area contributed by atoms with Crippen molar-refractivity contribution in [1.29, 1.82) is 0 Å². The Morgan fingerprint density at radius 2 is 2.05 bits per heavy atom. The lowest BCUT2D eigenvalue weighted by atomic mass is 9.97. The normalized spacial score (nSPS) is 31.6. The van der Waals surface area contributed by atoms with Gasteiger partial charge in [-0.3, -0.25) is 0 Å². The van der Waals surface area contributed by atoms with Crippen LogP contribution in [0, 0.1) is 17.3 Å². The Morgan fingerprint density at radius 3 is 2.68 bits per heavy atom. The van der Waals surface area contributed by atoms with E-state index < -0.39 is 0 Å². The Balaban J connectivity index is 1.76. The second-order valence-electron chi connectivity index (χ2n) is 7.30. The van der Waals surface area contributed by atoms with Crippen LogP contribution in [0.4, 0.5) is 0 Å². The Kier molecular flexibility index (Phi) is 3.49. The summed E-state index contributed by atoms with van der Waals surface area (Å²) in [5.74, 6) is 3.17. The smallest absolute Gasteiger partial charge is 0.0959 e. The predicted molar refractivity (Wildman–Crippen MR) is 82.8 cm³/mol. The van der Waals surface area contributed by atoms with Gasteiger partial charge in [0.1, 0.15) is 0 Å². The van der Waals surface area contributed by atoms with Crippen LogP contribution in [0.2, 0.25) is 0 Å². The van der Waals surface area contributed by atoms with Crippen LogP contribution < -0.4 is 0 Å². The van der Waals surface area contributed by atoms with Gasteiger partial charge in [-0.1, -0.05) is 47.0 Å². The molecule has 1 unspecified atom stereocenters. The lowest BCUT2D eigenvalue weighted by Gasteiger charge is -2.08. The zero-order chi connectivity index (χ0) is 13.6. The molecule has 0 spiro atoms. The van der Waals surface area contributed by atoms with Gasteiger partial charge < -0.3 is 0 Å². The minimum absolute atomic E-state index is 0.469. The highest BCUT2D eigenvalue weighted by molar-refractivity contribution is 7.09. The molecule has 0 N–H and O–H groups in total. The Morgan fingerprint density at radius 1 is 1.37 bits per heavy atom. The average molecular weight is 277 g/mol. The molecular formula is C17H27NS. The predicted octanol–water partition coefficient (Wildman–Crippen LogP) is 5.59. The molecule has 19 heavy (non-hydrogen) atoms. The van der Waals surface area contributed by atoms with Gasteiger partial charge in [0.2, 0.25) is 0 Å². The van der Waals surface area contributed by atoms with E-state index in [2.05, 4.69) is 33.1 Å². The lowest BCUT2D eigenvalue weighted by Crippen LogP contribution is -2.00. The third-order valence-corrected chi connectivity index (χ3v) is 6.76. The lowest BCUT2D eigenvalue weighted by molar-refractivity contribution is 0.412. The summed E-state index contributed by atoms with van der Waals surface area (Å²) in [5, 5.41) is 3.79. The number of hydrogen-bond donors (Lipinski definition) is 0. The second-order valence-corrected chi connectivity index (χ2v) is 8.19. The fraction of sp³-hybridized carbons (Fsp3) is 0.824. The first-order chi connectivity index (χ1) is 9.05. The molecule has 2 aliphatic rings. The Bertz CT molecular complexity index is 442. The second kappa shape index (κ2) is 4.87. The van der Waals surface area contributed by atoms with Crippen molar-refractivity contribution in [3.63, 3.8) is 0 Å². The van der Waals surface area contributed by atoms with Crippen molar-refractivity contribution in [2.45, 2.75) is 71.6 Å². The summed E-state index contributed by atoms with van der Waals surface area (Å²) in [6.07, 6.45) is 6.85. The third-order valence-electron chi connectivity index (χ3n) is 5.73. The molecule has 2 fully saturated rings. The summed E-state index contributed by atoms with van der Waals surface area (Å²) in [4.78, 5) is 5.04. The molecule has 2 aliphatic carbocycles. The molecule has 0 aromatic carbocycles. The number of thiazole rings is 1. The largest absolute Gasteiger partial charge is 0.246 e. The van der Waals surface area contributed by atoms with E-state index in [1.54, 1.807) is 0 Å². The minimum Gasteiger partial charge on any atom is -0.246 e. The molecule has 0 aliphatic heterocycles. The van der Waals surface area contributed by atoms with Crippen LogP contribution in [0.25, 0.3) is 0 Å². The third kappa shape index (κ3) is 2.26. The van der Waals surface area contributed by atoms with Gasteiger partial charge in [0.25, 0.3) is 0 Å². The van der Waals surface area contributed by atoms with Gasteiger partial charge in [0, 0.05) is 17.2 Å². The molecular weight excluding hydrogens is 250 g/mol. The summed E-state index contributed by atoms with van der Waals surface area (Å²) in [5.41, 5.74) is 1.87. The SMILES string of the molecule is CCC(C)[C@H]1[C@H](c2csc(C3CCCC3)n2)C1(C)C. The van der Waals surface area contributed by atoms with Crippen LogP contribution >= 0.6 is 11.3 Å². The van der Waals surface area contributed by atoms with Crippen LogP contribution in [0.5, 0.6) is 0 Å². The van der Waals surface area contributed by atoms with Gasteiger partial charge in [-0.15, -0.1) is 11.3 Å². The van der Waals surface area contributed by atoms with Crippen molar-refractivity contribution >= 4 is 11.3 Å². The number of hydrogen-bond acceptors (Lipinski definition) is 2. The molecule has 0 radical (unpaired) electrons. The zero-order valence-corrected chi connectivity index (χ0v) is 13.6. The zero-order valence-electron chi connectivity index (χ0n) is 12.8. The highest BCUT2D eigenvalue weighted by atomic mass is 32.1. The maximum atomic E-state index is 5.04. The molecule has 0 bridgehead atoms. The van der Waals surface area contributed by atoms with E-state index in [0.29, 0.717) is 11.3 Å². The Hall–Kier alpha value is -0.370. The first-order valence-corrected chi connectivity index (χ1v) is 8.89.